The van der Waals surface area contributed by atoms with Crippen molar-refractivity contribution in [1.82, 2.24) is 0 Å². The zero-order chi connectivity index (χ0) is 19.6. The molecule has 0 aliphatic carbocycles. The number of ether oxygens (including phenoxy) is 2. The molecule has 0 aliphatic heterocycles. The minimum Gasteiger partial charge on any atom is -0.405 e. The topological polar surface area (TPSA) is 27.7 Å². The van der Waals surface area contributed by atoms with Gasteiger partial charge in [-0.3, -0.25) is 0 Å². The highest BCUT2D eigenvalue weighted by molar-refractivity contribution is 6.99. The molecule has 0 N–H and O–H groups in total. The van der Waals surface area contributed by atoms with Gasteiger partial charge in [-0.2, -0.15) is 0 Å². The maximum absolute atomic E-state index is 6.73. The van der Waals surface area contributed by atoms with Gasteiger partial charge in [0.25, 0.3) is 8.32 Å². The third-order valence-electron chi connectivity index (χ3n) is 4.52. The zero-order valence-electron chi connectivity index (χ0n) is 16.6. The summed E-state index contributed by atoms with van der Waals surface area (Å²) >= 11 is 0. The molecule has 3 nitrogen and oxygen atoms in total. The van der Waals surface area contributed by atoms with Crippen molar-refractivity contribution in [3.05, 3.63) is 60.7 Å². The van der Waals surface area contributed by atoms with Crippen molar-refractivity contribution >= 4 is 18.7 Å². The molecule has 0 radical (unpaired) electrons. The number of benzene rings is 2. The van der Waals surface area contributed by atoms with Crippen molar-refractivity contribution in [1.29, 1.82) is 0 Å². The van der Waals surface area contributed by atoms with E-state index in [2.05, 4.69) is 87.4 Å². The fourth-order valence-corrected chi connectivity index (χ4v) is 7.91. The lowest BCUT2D eigenvalue weighted by atomic mass is 10.2. The van der Waals surface area contributed by atoms with Crippen molar-refractivity contribution in [2.45, 2.75) is 25.8 Å². The predicted octanol–water partition coefficient (Wildman–Crippen LogP) is 3.23. The third-order valence-corrected chi connectivity index (χ3v) is 9.56. The molecule has 0 atom stereocenters. The number of hydrogen-bond acceptors (Lipinski definition) is 3. The Bertz CT molecular complexity index is 662. The summed E-state index contributed by atoms with van der Waals surface area (Å²) in [5, 5.41) is 2.54. The van der Waals surface area contributed by atoms with Gasteiger partial charge in [0.05, 0.1) is 26.4 Å². The van der Waals surface area contributed by atoms with Gasteiger partial charge in [0, 0.05) is 0 Å². The van der Waals surface area contributed by atoms with Crippen LogP contribution in [0.1, 0.15) is 20.8 Å². The first-order chi connectivity index (χ1) is 13.0. The molecular formula is C23H30O3Si. The van der Waals surface area contributed by atoms with Gasteiger partial charge in [-0.1, -0.05) is 87.4 Å². The van der Waals surface area contributed by atoms with Gasteiger partial charge < -0.3 is 13.9 Å². The highest BCUT2D eigenvalue weighted by Gasteiger charge is 2.49. The summed E-state index contributed by atoms with van der Waals surface area (Å²) in [6.45, 7) is 9.23. The molecule has 0 bridgehead atoms. The van der Waals surface area contributed by atoms with E-state index in [1.54, 1.807) is 0 Å². The van der Waals surface area contributed by atoms with Crippen molar-refractivity contribution in [2.75, 3.05) is 33.0 Å². The lowest BCUT2D eigenvalue weighted by Gasteiger charge is -2.43. The monoisotopic (exact) mass is 382 g/mol. The second-order valence-electron chi connectivity index (χ2n) is 7.38. The summed E-state index contributed by atoms with van der Waals surface area (Å²) in [6, 6.07) is 21.2. The van der Waals surface area contributed by atoms with E-state index in [9.17, 15) is 0 Å². The Morgan fingerprint density at radius 1 is 0.778 bits per heavy atom. The molecule has 0 spiro atoms. The van der Waals surface area contributed by atoms with Crippen LogP contribution in [0, 0.1) is 12.3 Å². The first-order valence-corrected chi connectivity index (χ1v) is 11.3. The van der Waals surface area contributed by atoms with E-state index in [1.807, 2.05) is 0 Å². The highest BCUT2D eigenvalue weighted by Crippen LogP contribution is 2.36. The van der Waals surface area contributed by atoms with E-state index in [1.165, 1.54) is 10.4 Å². The van der Waals surface area contributed by atoms with Crippen LogP contribution in [-0.4, -0.2) is 41.4 Å². The van der Waals surface area contributed by atoms with Crippen molar-refractivity contribution in [3.8, 4) is 12.3 Å². The second-order valence-corrected chi connectivity index (χ2v) is 11.7. The van der Waals surface area contributed by atoms with Gasteiger partial charge in [0.2, 0.25) is 0 Å². The molecule has 0 heterocycles. The average Bonchev–Trinajstić information content (AvgIpc) is 2.67. The molecule has 0 unspecified atom stereocenters. The van der Waals surface area contributed by atoms with Crippen molar-refractivity contribution < 1.29 is 13.9 Å². The van der Waals surface area contributed by atoms with Gasteiger partial charge in [0.1, 0.15) is 6.61 Å². The summed E-state index contributed by atoms with van der Waals surface area (Å²) in [6.07, 6.45) is 5.16. The maximum atomic E-state index is 6.73. The smallest absolute Gasteiger partial charge is 0.261 e. The minimum absolute atomic E-state index is 0.0222. The Morgan fingerprint density at radius 2 is 1.26 bits per heavy atom. The molecule has 0 aromatic heterocycles. The van der Waals surface area contributed by atoms with Gasteiger partial charge >= 0.3 is 0 Å². The lowest BCUT2D eigenvalue weighted by molar-refractivity contribution is 0.0448. The Kier molecular flexibility index (Phi) is 8.27. The molecule has 2 rings (SSSR count). The summed E-state index contributed by atoms with van der Waals surface area (Å²) in [4.78, 5) is 0. The third kappa shape index (κ3) is 5.54. The van der Waals surface area contributed by atoms with Crippen LogP contribution in [-0.2, 0) is 13.9 Å². The molecule has 0 saturated carbocycles. The molecule has 27 heavy (non-hydrogen) atoms. The Labute approximate surface area is 164 Å². The average molecular weight is 383 g/mol. The van der Waals surface area contributed by atoms with Crippen LogP contribution < -0.4 is 10.4 Å². The fraction of sp³-hybridized carbons (Fsp3) is 0.391. The molecule has 0 fully saturated rings. The quantitative estimate of drug-likeness (QED) is 0.359. The predicted molar refractivity (Wildman–Crippen MR) is 114 cm³/mol. The van der Waals surface area contributed by atoms with Gasteiger partial charge in [0.15, 0.2) is 0 Å². The highest BCUT2D eigenvalue weighted by atomic mass is 28.4. The molecule has 0 amide bonds. The molecule has 144 valence electrons. The molecule has 0 aliphatic rings. The van der Waals surface area contributed by atoms with E-state index in [0.717, 1.165) is 0 Å². The molecule has 0 saturated heterocycles. The number of rotatable bonds is 10. The Morgan fingerprint density at radius 3 is 1.74 bits per heavy atom. The first kappa shape index (κ1) is 21.4. The fourth-order valence-electron chi connectivity index (χ4n) is 3.37. The van der Waals surface area contributed by atoms with Gasteiger partial charge in [-0.25, -0.2) is 0 Å². The molecule has 4 heteroatoms. The Hall–Kier alpha value is -1.90. The summed E-state index contributed by atoms with van der Waals surface area (Å²) in [7, 11) is -2.47. The summed E-state index contributed by atoms with van der Waals surface area (Å²) in [5.41, 5.74) is 0. The summed E-state index contributed by atoms with van der Waals surface area (Å²) < 4.78 is 17.6. The van der Waals surface area contributed by atoms with E-state index < -0.39 is 8.32 Å². The van der Waals surface area contributed by atoms with E-state index in [0.29, 0.717) is 33.0 Å². The van der Waals surface area contributed by atoms with Crippen LogP contribution in [0.4, 0.5) is 0 Å². The minimum atomic E-state index is -2.47. The second kappa shape index (κ2) is 10.4. The maximum Gasteiger partial charge on any atom is 0.261 e. The van der Waals surface area contributed by atoms with Crippen LogP contribution >= 0.6 is 0 Å². The van der Waals surface area contributed by atoms with Crippen molar-refractivity contribution in [2.24, 2.45) is 0 Å². The molecule has 2 aromatic rings. The Balaban J connectivity index is 2.17. The van der Waals surface area contributed by atoms with Gasteiger partial charge in [-0.05, 0) is 15.4 Å². The number of hydrogen-bond donors (Lipinski definition) is 0. The molecule has 2 aromatic carbocycles. The van der Waals surface area contributed by atoms with Crippen LogP contribution in [0.2, 0.25) is 5.04 Å². The van der Waals surface area contributed by atoms with E-state index >= 15 is 0 Å². The van der Waals surface area contributed by atoms with Gasteiger partial charge in [-0.15, -0.1) is 6.42 Å². The molecular weight excluding hydrogens is 352 g/mol. The van der Waals surface area contributed by atoms with Crippen LogP contribution in [0.3, 0.4) is 0 Å². The van der Waals surface area contributed by atoms with E-state index in [4.69, 9.17) is 20.3 Å². The standard InChI is InChI=1S/C23H30O3Si/c1-5-16-24-17-18-25-19-20-26-27(23(2,3)4,21-12-8-6-9-13-21)22-14-10-7-11-15-22/h1,6-15H,16-20H2,2-4H3. The van der Waals surface area contributed by atoms with Crippen LogP contribution in [0.15, 0.2) is 60.7 Å². The van der Waals surface area contributed by atoms with Crippen molar-refractivity contribution in [3.63, 3.8) is 0 Å². The van der Waals surface area contributed by atoms with E-state index in [-0.39, 0.29) is 5.04 Å². The first-order valence-electron chi connectivity index (χ1n) is 9.36. The number of terminal acetylenes is 1. The van der Waals surface area contributed by atoms with Crippen LogP contribution in [0.25, 0.3) is 0 Å². The SMILES string of the molecule is C#CCOCCOCCO[Si](c1ccccc1)(c1ccccc1)C(C)(C)C. The summed E-state index contributed by atoms with van der Waals surface area (Å²) in [5.74, 6) is 2.45. The normalized spacial score (nSPS) is 11.9. The zero-order valence-corrected chi connectivity index (χ0v) is 17.6. The van der Waals surface area contributed by atoms with Crippen LogP contribution in [0.5, 0.6) is 0 Å². The largest absolute Gasteiger partial charge is 0.405 e. The lowest BCUT2D eigenvalue weighted by Crippen LogP contribution is -2.66.